The topological polar surface area (TPSA) is 141 Å². The van der Waals surface area contributed by atoms with Gasteiger partial charge in [-0.25, -0.2) is 4.79 Å². The van der Waals surface area contributed by atoms with Crippen molar-refractivity contribution < 1.29 is 28.6 Å². The van der Waals surface area contributed by atoms with Gasteiger partial charge >= 0.3 is 6.09 Å². The average Bonchev–Trinajstić information content (AvgIpc) is 3.28. The second-order valence-corrected chi connectivity index (χ2v) is 12.6. The second kappa shape index (κ2) is 16.2. The lowest BCUT2D eigenvalue weighted by Crippen LogP contribution is -2.57. The Kier molecular flexibility index (Phi) is 13.0. The minimum absolute atomic E-state index is 0.0817. The lowest BCUT2D eigenvalue weighted by Gasteiger charge is -2.46. The van der Waals surface area contributed by atoms with Gasteiger partial charge in [-0.2, -0.15) is 0 Å². The summed E-state index contributed by atoms with van der Waals surface area (Å²) < 4.78 is 16.3. The van der Waals surface area contributed by atoms with Crippen molar-refractivity contribution in [1.29, 1.82) is 0 Å². The van der Waals surface area contributed by atoms with E-state index in [9.17, 15) is 14.4 Å². The van der Waals surface area contributed by atoms with Gasteiger partial charge in [0, 0.05) is 42.4 Å². The maximum Gasteiger partial charge on any atom is 0.407 e. The Bertz CT molecular complexity index is 1320. The molecule has 0 heterocycles. The highest BCUT2D eigenvalue weighted by molar-refractivity contribution is 5.94. The number of carbonyl (C=O) groups is 3. The molecule has 3 amide bonds. The number of amides is 3. The van der Waals surface area contributed by atoms with E-state index in [1.807, 2.05) is 36.4 Å². The molecule has 0 fully saturated rings. The summed E-state index contributed by atoms with van der Waals surface area (Å²) in [5, 5.41) is 9.07. The highest BCUT2D eigenvalue weighted by Crippen LogP contribution is 2.47. The van der Waals surface area contributed by atoms with E-state index in [1.165, 1.54) is 0 Å². The van der Waals surface area contributed by atoms with Crippen LogP contribution in [-0.2, 0) is 23.8 Å². The lowest BCUT2D eigenvalue weighted by molar-refractivity contribution is -0.121. The molecule has 0 spiro atoms. The Hall–Kier alpha value is -3.47. The van der Waals surface area contributed by atoms with Gasteiger partial charge in [0.15, 0.2) is 0 Å². The first kappa shape index (κ1) is 36.0. The molecule has 1 aliphatic carbocycles. The standard InChI is InChI=1S/C35H52N4O6/c1-8-15-34(5,6)35(9-2,10-3)39-33(42)45-21-30-28-19-24(37-31(40)18-23(4)36)11-13-26(28)27-14-12-25(20-29(27)30)38-32(41)22-44-17-16-43-7/h11-14,19-20,23,30H,8-10,15-18,21-22,36H2,1-7H3,(H,37,40)(H,38,41)(H,39,42). The van der Waals surface area contributed by atoms with Gasteiger partial charge in [-0.15, -0.1) is 0 Å². The maximum absolute atomic E-state index is 13.4. The van der Waals surface area contributed by atoms with Crippen LogP contribution in [0.3, 0.4) is 0 Å². The first-order chi connectivity index (χ1) is 21.4. The summed E-state index contributed by atoms with van der Waals surface area (Å²) in [4.78, 5) is 38.4. The smallest absolute Gasteiger partial charge is 0.407 e. The number of alkyl carbamates (subject to hydrolysis) is 1. The van der Waals surface area contributed by atoms with Gasteiger partial charge in [0.05, 0.1) is 13.2 Å². The van der Waals surface area contributed by atoms with Crippen molar-refractivity contribution in [2.24, 2.45) is 11.1 Å². The van der Waals surface area contributed by atoms with E-state index in [4.69, 9.17) is 19.9 Å². The molecule has 0 saturated carbocycles. The van der Waals surface area contributed by atoms with E-state index < -0.39 is 11.6 Å². The van der Waals surface area contributed by atoms with Crippen molar-refractivity contribution in [2.45, 2.75) is 91.1 Å². The van der Waals surface area contributed by atoms with Crippen LogP contribution < -0.4 is 21.7 Å². The van der Waals surface area contributed by atoms with Crippen molar-refractivity contribution >= 4 is 29.3 Å². The van der Waals surface area contributed by atoms with Crippen LogP contribution in [-0.4, -0.2) is 63.0 Å². The molecule has 0 radical (unpaired) electrons. The van der Waals surface area contributed by atoms with Crippen LogP contribution in [0.15, 0.2) is 36.4 Å². The van der Waals surface area contributed by atoms with Crippen molar-refractivity contribution in [1.82, 2.24) is 5.32 Å². The molecule has 2 aromatic carbocycles. The number of hydrogen-bond acceptors (Lipinski definition) is 7. The molecular weight excluding hydrogens is 572 g/mol. The van der Waals surface area contributed by atoms with Gasteiger partial charge in [-0.3, -0.25) is 9.59 Å². The molecule has 3 rings (SSSR count). The zero-order valence-corrected chi connectivity index (χ0v) is 28.0. The Balaban J connectivity index is 1.88. The van der Waals surface area contributed by atoms with E-state index in [1.54, 1.807) is 14.0 Å². The number of nitrogens with two attached hydrogens (primary N) is 1. The van der Waals surface area contributed by atoms with Crippen molar-refractivity contribution in [2.75, 3.05) is 44.2 Å². The molecule has 0 bridgehead atoms. The van der Waals surface area contributed by atoms with E-state index in [2.05, 4.69) is 50.6 Å². The number of fused-ring (bicyclic) bond motifs is 3. The molecule has 0 aromatic heterocycles. The SMILES string of the molecule is CCCC(C)(C)C(CC)(CC)NC(=O)OCC1c2cc(NC(=O)COCCOC)ccc2-c2ccc(NC(=O)CC(C)N)cc21. The summed E-state index contributed by atoms with van der Waals surface area (Å²) in [6.07, 6.45) is 3.29. The summed E-state index contributed by atoms with van der Waals surface area (Å²) in [6, 6.07) is 11.2. The summed E-state index contributed by atoms with van der Waals surface area (Å²) in [5.74, 6) is -0.768. The minimum atomic E-state index is -0.461. The number of methoxy groups -OCH3 is 1. The van der Waals surface area contributed by atoms with Crippen molar-refractivity contribution in [3.8, 4) is 11.1 Å². The molecule has 248 valence electrons. The Morgan fingerprint density at radius 1 is 0.911 bits per heavy atom. The number of hydrogen-bond donors (Lipinski definition) is 4. The van der Waals surface area contributed by atoms with Crippen LogP contribution in [0.5, 0.6) is 0 Å². The Morgan fingerprint density at radius 2 is 1.49 bits per heavy atom. The summed E-state index contributed by atoms with van der Waals surface area (Å²) in [6.45, 7) is 13.3. The number of nitrogens with one attached hydrogen (secondary N) is 3. The molecular formula is C35H52N4O6. The van der Waals surface area contributed by atoms with E-state index in [0.717, 1.165) is 47.9 Å². The number of rotatable bonds is 17. The molecule has 10 heteroatoms. The normalized spacial score (nSPS) is 14.7. The third-order valence-corrected chi connectivity index (χ3v) is 8.98. The monoisotopic (exact) mass is 624 g/mol. The zero-order chi connectivity index (χ0) is 33.2. The van der Waals surface area contributed by atoms with Gasteiger partial charge in [-0.05, 0) is 78.1 Å². The van der Waals surface area contributed by atoms with E-state index >= 15 is 0 Å². The fourth-order valence-corrected chi connectivity index (χ4v) is 6.51. The van der Waals surface area contributed by atoms with Crippen molar-refractivity contribution in [3.63, 3.8) is 0 Å². The molecule has 2 aromatic rings. The highest BCUT2D eigenvalue weighted by Gasteiger charge is 2.43. The Labute approximate surface area is 268 Å². The van der Waals surface area contributed by atoms with Gasteiger partial charge < -0.3 is 35.9 Å². The number of anilines is 2. The first-order valence-corrected chi connectivity index (χ1v) is 16.0. The minimum Gasteiger partial charge on any atom is -0.449 e. The lowest BCUT2D eigenvalue weighted by atomic mass is 9.66. The second-order valence-electron chi connectivity index (χ2n) is 12.6. The van der Waals surface area contributed by atoms with Crippen LogP contribution in [0, 0.1) is 5.41 Å². The maximum atomic E-state index is 13.4. The summed E-state index contributed by atoms with van der Waals surface area (Å²) in [5.41, 5.74) is 10.3. The third-order valence-electron chi connectivity index (χ3n) is 8.98. The van der Waals surface area contributed by atoms with Crippen LogP contribution in [0.25, 0.3) is 11.1 Å². The van der Waals surface area contributed by atoms with Gasteiger partial charge in [0.1, 0.15) is 13.2 Å². The van der Waals surface area contributed by atoms with Crippen LogP contribution >= 0.6 is 0 Å². The van der Waals surface area contributed by atoms with E-state index in [-0.39, 0.29) is 48.8 Å². The quantitative estimate of drug-likeness (QED) is 0.154. The predicted octanol–water partition coefficient (Wildman–Crippen LogP) is 6.19. The molecule has 10 nitrogen and oxygen atoms in total. The molecule has 5 N–H and O–H groups in total. The van der Waals surface area contributed by atoms with Crippen LogP contribution in [0.2, 0.25) is 0 Å². The zero-order valence-electron chi connectivity index (χ0n) is 28.0. The van der Waals surface area contributed by atoms with Gasteiger partial charge in [-0.1, -0.05) is 53.2 Å². The average molecular weight is 625 g/mol. The summed E-state index contributed by atoms with van der Waals surface area (Å²) >= 11 is 0. The molecule has 0 aliphatic heterocycles. The largest absolute Gasteiger partial charge is 0.449 e. The van der Waals surface area contributed by atoms with Crippen molar-refractivity contribution in [3.05, 3.63) is 47.5 Å². The molecule has 1 aliphatic rings. The molecule has 2 atom stereocenters. The number of benzene rings is 2. The number of ether oxygens (including phenoxy) is 3. The fourth-order valence-electron chi connectivity index (χ4n) is 6.51. The fraction of sp³-hybridized carbons (Fsp3) is 0.571. The number of carbonyl (C=O) groups excluding carboxylic acids is 3. The summed E-state index contributed by atoms with van der Waals surface area (Å²) in [7, 11) is 1.57. The molecule has 0 saturated heterocycles. The predicted molar refractivity (Wildman–Crippen MR) is 178 cm³/mol. The van der Waals surface area contributed by atoms with E-state index in [0.29, 0.717) is 24.6 Å². The Morgan fingerprint density at radius 3 is 2.00 bits per heavy atom. The molecule has 45 heavy (non-hydrogen) atoms. The van der Waals surface area contributed by atoms with Crippen LogP contribution in [0.4, 0.5) is 16.2 Å². The van der Waals surface area contributed by atoms with Gasteiger partial charge in [0.2, 0.25) is 11.8 Å². The highest BCUT2D eigenvalue weighted by atomic mass is 16.5. The molecule has 2 unspecified atom stereocenters. The van der Waals surface area contributed by atoms with Crippen LogP contribution in [0.1, 0.15) is 90.7 Å². The first-order valence-electron chi connectivity index (χ1n) is 16.0. The third kappa shape index (κ3) is 9.05. The van der Waals surface area contributed by atoms with Gasteiger partial charge in [0.25, 0.3) is 0 Å².